The second-order valence-corrected chi connectivity index (χ2v) is 4.18. The molecule has 2 N–H and O–H groups in total. The molecular weight excluding hydrogens is 272 g/mol. The second-order valence-electron chi connectivity index (χ2n) is 4.18. The molecule has 8 heteroatoms. The molecule has 0 aliphatic rings. The van der Waals surface area contributed by atoms with Crippen LogP contribution in [0.15, 0.2) is 30.3 Å². The molecule has 2 aromatic rings. The van der Waals surface area contributed by atoms with Crippen LogP contribution >= 0.6 is 0 Å². The lowest BCUT2D eigenvalue weighted by molar-refractivity contribution is 0.139. The third-order valence-corrected chi connectivity index (χ3v) is 2.50. The molecule has 0 fully saturated rings. The van der Waals surface area contributed by atoms with Crippen molar-refractivity contribution in [3.63, 3.8) is 0 Å². The largest absolute Gasteiger partial charge is 0.445 e. The normalized spacial score (nSPS) is 10.1. The minimum atomic E-state index is -0.540. The first kappa shape index (κ1) is 14.8. The molecule has 110 valence electrons. The number of aromatic nitrogens is 4. The molecule has 0 saturated heterocycles. The van der Waals surface area contributed by atoms with Gasteiger partial charge in [0.15, 0.2) is 11.6 Å². The highest BCUT2D eigenvalue weighted by molar-refractivity contribution is 5.66. The van der Waals surface area contributed by atoms with Gasteiger partial charge in [0.05, 0.1) is 13.1 Å². The van der Waals surface area contributed by atoms with Crippen LogP contribution < -0.4 is 10.6 Å². The van der Waals surface area contributed by atoms with Crippen LogP contribution in [-0.4, -0.2) is 33.5 Å². The van der Waals surface area contributed by atoms with Crippen molar-refractivity contribution in [2.75, 3.05) is 7.05 Å². The molecule has 0 aliphatic carbocycles. The zero-order valence-corrected chi connectivity index (χ0v) is 11.6. The first-order chi connectivity index (χ1) is 10.3. The maximum Gasteiger partial charge on any atom is 0.407 e. The van der Waals surface area contributed by atoms with Crippen molar-refractivity contribution in [2.45, 2.75) is 19.7 Å². The Kier molecular flexibility index (Phi) is 5.53. The van der Waals surface area contributed by atoms with E-state index in [0.29, 0.717) is 18.2 Å². The molecule has 1 aromatic carbocycles. The summed E-state index contributed by atoms with van der Waals surface area (Å²) in [4.78, 5) is 11.5. The minimum absolute atomic E-state index is 0.119. The maximum absolute atomic E-state index is 11.5. The molecule has 0 saturated carbocycles. The van der Waals surface area contributed by atoms with Crippen LogP contribution in [0.1, 0.15) is 17.2 Å². The summed E-state index contributed by atoms with van der Waals surface area (Å²) >= 11 is 0. The van der Waals surface area contributed by atoms with E-state index in [1.807, 2.05) is 30.3 Å². The second kappa shape index (κ2) is 7.85. The Morgan fingerprint density at radius 2 is 1.67 bits per heavy atom. The summed E-state index contributed by atoms with van der Waals surface area (Å²) in [7, 11) is 1.78. The highest BCUT2D eigenvalue weighted by atomic mass is 16.5. The highest BCUT2D eigenvalue weighted by Gasteiger charge is 2.05. The molecule has 1 amide bonds. The average molecular weight is 288 g/mol. The van der Waals surface area contributed by atoms with Crippen LogP contribution in [0.2, 0.25) is 0 Å². The number of hydrogen-bond acceptors (Lipinski definition) is 7. The number of benzene rings is 1. The summed E-state index contributed by atoms with van der Waals surface area (Å²) in [6.45, 7) is 0.825. The van der Waals surface area contributed by atoms with Crippen LogP contribution in [0.3, 0.4) is 0 Å². The molecule has 0 atom stereocenters. The number of nitrogens with one attached hydrogen (secondary N) is 2. The molecule has 8 nitrogen and oxygen atoms in total. The summed E-state index contributed by atoms with van der Waals surface area (Å²) < 4.78 is 5.06. The minimum Gasteiger partial charge on any atom is -0.445 e. The topological polar surface area (TPSA) is 102 Å². The summed E-state index contributed by atoms with van der Waals surface area (Å²) in [5.41, 5.74) is 0.920. The fourth-order valence-electron chi connectivity index (χ4n) is 1.50. The van der Waals surface area contributed by atoms with Crippen molar-refractivity contribution in [1.29, 1.82) is 0 Å². The average Bonchev–Trinajstić information content (AvgIpc) is 2.53. The molecule has 0 bridgehead atoms. The van der Waals surface area contributed by atoms with E-state index in [9.17, 15) is 4.79 Å². The Balaban J connectivity index is 1.73. The molecule has 1 heterocycles. The van der Waals surface area contributed by atoms with Crippen LogP contribution in [0.4, 0.5) is 4.79 Å². The number of ether oxygens (including phenoxy) is 1. The van der Waals surface area contributed by atoms with Crippen molar-refractivity contribution in [3.8, 4) is 0 Å². The number of amides is 1. The molecule has 0 unspecified atom stereocenters. The fourth-order valence-corrected chi connectivity index (χ4v) is 1.50. The van der Waals surface area contributed by atoms with E-state index >= 15 is 0 Å². The maximum atomic E-state index is 11.5. The van der Waals surface area contributed by atoms with Crippen LogP contribution in [-0.2, 0) is 24.4 Å². The Bertz CT molecular complexity index is 561. The van der Waals surface area contributed by atoms with Crippen LogP contribution in [0, 0.1) is 0 Å². The van der Waals surface area contributed by atoms with Crippen molar-refractivity contribution in [3.05, 3.63) is 47.5 Å². The van der Waals surface area contributed by atoms with Gasteiger partial charge < -0.3 is 15.4 Å². The van der Waals surface area contributed by atoms with E-state index in [-0.39, 0.29) is 13.2 Å². The van der Waals surface area contributed by atoms with Crippen LogP contribution in [0.25, 0.3) is 0 Å². The Hall–Kier alpha value is -2.61. The monoisotopic (exact) mass is 288 g/mol. The van der Waals surface area contributed by atoms with Gasteiger partial charge in [-0.1, -0.05) is 30.3 Å². The number of hydrogen-bond donors (Lipinski definition) is 2. The zero-order chi connectivity index (χ0) is 14.9. The molecule has 0 radical (unpaired) electrons. The lowest BCUT2D eigenvalue weighted by Crippen LogP contribution is -2.25. The SMILES string of the molecule is CNCc1nnc(CNC(=O)OCc2ccccc2)nn1. The highest BCUT2D eigenvalue weighted by Crippen LogP contribution is 2.00. The molecule has 2 rings (SSSR count). The van der Waals surface area contributed by atoms with E-state index in [1.54, 1.807) is 7.05 Å². The van der Waals surface area contributed by atoms with E-state index in [1.165, 1.54) is 0 Å². The quantitative estimate of drug-likeness (QED) is 0.793. The summed E-state index contributed by atoms with van der Waals surface area (Å²) in [5.74, 6) is 0.819. The molecule has 0 spiro atoms. The van der Waals surface area contributed by atoms with E-state index < -0.39 is 6.09 Å². The Labute approximate surface area is 122 Å². The van der Waals surface area contributed by atoms with Crippen molar-refractivity contribution < 1.29 is 9.53 Å². The van der Waals surface area contributed by atoms with Crippen molar-refractivity contribution in [1.82, 2.24) is 31.0 Å². The molecule has 0 aliphatic heterocycles. The first-order valence-corrected chi connectivity index (χ1v) is 6.42. The van der Waals surface area contributed by atoms with E-state index in [0.717, 1.165) is 5.56 Å². The molecule has 1 aromatic heterocycles. The van der Waals surface area contributed by atoms with E-state index in [2.05, 4.69) is 31.0 Å². The summed E-state index contributed by atoms with van der Waals surface area (Å²) in [6, 6.07) is 9.43. The smallest absolute Gasteiger partial charge is 0.407 e. The fraction of sp³-hybridized carbons (Fsp3) is 0.308. The van der Waals surface area contributed by atoms with E-state index in [4.69, 9.17) is 4.74 Å². The van der Waals surface area contributed by atoms with Gasteiger partial charge in [0.1, 0.15) is 6.61 Å². The van der Waals surface area contributed by atoms with Gasteiger partial charge in [0.2, 0.25) is 0 Å². The van der Waals surface area contributed by atoms with Crippen molar-refractivity contribution >= 4 is 6.09 Å². The number of carbonyl (C=O) groups is 1. The van der Waals surface area contributed by atoms with Gasteiger partial charge in [-0.25, -0.2) is 4.79 Å². The predicted octanol–water partition coefficient (Wildman–Crippen LogP) is 0.412. The Morgan fingerprint density at radius 3 is 2.29 bits per heavy atom. The number of rotatable bonds is 6. The van der Waals surface area contributed by atoms with Gasteiger partial charge in [-0.05, 0) is 12.6 Å². The van der Waals surface area contributed by atoms with Gasteiger partial charge in [-0.15, -0.1) is 20.4 Å². The third-order valence-electron chi connectivity index (χ3n) is 2.50. The third kappa shape index (κ3) is 5.11. The summed E-state index contributed by atoms with van der Waals surface area (Å²) in [5, 5.41) is 20.9. The molecular formula is C13H16N6O2. The van der Waals surface area contributed by atoms with Crippen molar-refractivity contribution in [2.24, 2.45) is 0 Å². The van der Waals surface area contributed by atoms with Crippen LogP contribution in [0.5, 0.6) is 0 Å². The Morgan fingerprint density at radius 1 is 1.05 bits per heavy atom. The summed E-state index contributed by atoms with van der Waals surface area (Å²) in [6.07, 6.45) is -0.540. The predicted molar refractivity (Wildman–Crippen MR) is 73.9 cm³/mol. The van der Waals surface area contributed by atoms with Gasteiger partial charge in [-0.3, -0.25) is 0 Å². The molecule has 21 heavy (non-hydrogen) atoms. The number of alkyl carbamates (subject to hydrolysis) is 1. The number of carbonyl (C=O) groups excluding carboxylic acids is 1. The van der Waals surface area contributed by atoms with Gasteiger partial charge in [0.25, 0.3) is 0 Å². The van der Waals surface area contributed by atoms with Gasteiger partial charge in [0, 0.05) is 0 Å². The standard InChI is InChI=1S/C13H16N6O2/c1-14-7-11-16-18-12(19-17-11)8-15-13(20)21-9-10-5-3-2-4-6-10/h2-6,14H,7-9H2,1H3,(H,15,20). The van der Waals surface area contributed by atoms with Gasteiger partial charge in [-0.2, -0.15) is 0 Å². The lowest BCUT2D eigenvalue weighted by atomic mass is 10.2. The lowest BCUT2D eigenvalue weighted by Gasteiger charge is -2.06. The van der Waals surface area contributed by atoms with Gasteiger partial charge >= 0.3 is 6.09 Å². The number of nitrogens with zero attached hydrogens (tertiary/aromatic N) is 4. The first-order valence-electron chi connectivity index (χ1n) is 6.42. The zero-order valence-electron chi connectivity index (χ0n) is 11.6.